The fraction of sp³-hybridized carbons (Fsp3) is 0.348. The minimum absolute atomic E-state index is 0.0217. The van der Waals surface area contributed by atoms with Crippen molar-refractivity contribution in [3.05, 3.63) is 57.3 Å². The Bertz CT molecular complexity index is 1410. The first-order valence-electron chi connectivity index (χ1n) is 10.9. The zero-order valence-electron chi connectivity index (χ0n) is 18.4. The van der Waals surface area contributed by atoms with Gasteiger partial charge in [0.25, 0.3) is 0 Å². The monoisotopic (exact) mass is 520 g/mol. The number of rotatable bonds is 7. The molecule has 11 heteroatoms. The molecule has 0 bridgehead atoms. The highest BCUT2D eigenvalue weighted by atomic mass is 35.5. The normalized spacial score (nSPS) is 15.0. The van der Waals surface area contributed by atoms with Crippen LogP contribution in [0.5, 0.6) is 0 Å². The molecule has 2 aromatic carbocycles. The Labute approximate surface area is 206 Å². The van der Waals surface area contributed by atoms with Crippen LogP contribution < -0.4 is 10.5 Å². The van der Waals surface area contributed by atoms with Crippen molar-refractivity contribution in [2.24, 2.45) is 5.73 Å². The van der Waals surface area contributed by atoms with Crippen molar-refractivity contribution < 1.29 is 18.0 Å². The maximum Gasteiger partial charge on any atom is 0.237 e. The van der Waals surface area contributed by atoms with Crippen LogP contribution in [0, 0.1) is 5.41 Å². The number of hydrogen-bond acceptors (Lipinski definition) is 6. The Morgan fingerprint density at radius 1 is 1.12 bits per heavy atom. The predicted octanol–water partition coefficient (Wildman–Crippen LogP) is 2.89. The predicted molar refractivity (Wildman–Crippen MR) is 132 cm³/mol. The lowest BCUT2D eigenvalue weighted by atomic mass is 9.95. The number of carbonyl (C=O) groups is 2. The number of benzene rings is 2. The molecule has 0 unspecified atom stereocenters. The number of nitrogens with two attached hydrogens (primary N) is 1. The third-order valence-corrected chi connectivity index (χ3v) is 9.10. The minimum atomic E-state index is -3.60. The first-order chi connectivity index (χ1) is 16.1. The lowest BCUT2D eigenvalue weighted by molar-refractivity contribution is -0.131. The number of piperidine rings is 1. The summed E-state index contributed by atoms with van der Waals surface area (Å²) >= 11 is 7.31. The Kier molecular flexibility index (Phi) is 7.11. The van der Waals surface area contributed by atoms with Gasteiger partial charge in [0.05, 0.1) is 10.6 Å². The fourth-order valence-corrected chi connectivity index (χ4v) is 6.66. The molecule has 3 aromatic rings. The number of fused-ring (bicyclic) bond motifs is 1. The lowest BCUT2D eigenvalue weighted by Crippen LogP contribution is -2.38. The summed E-state index contributed by atoms with van der Waals surface area (Å²) in [4.78, 5) is 27.0. The number of sulfone groups is 1. The highest BCUT2D eigenvalue weighted by molar-refractivity contribution is 7.91. The van der Waals surface area contributed by atoms with Gasteiger partial charge < -0.3 is 15.2 Å². The molecule has 0 aliphatic carbocycles. The quantitative estimate of drug-likeness (QED) is 0.496. The Hall–Kier alpha value is -2.69. The molecular weight excluding hydrogens is 496 g/mol. The van der Waals surface area contributed by atoms with Gasteiger partial charge in [-0.2, -0.15) is 0 Å². The molecule has 0 atom stereocenters. The number of halogens is 1. The molecule has 8 nitrogen and oxygen atoms in total. The molecule has 0 saturated carbocycles. The van der Waals surface area contributed by atoms with Gasteiger partial charge in [-0.15, -0.1) is 11.3 Å². The molecule has 34 heavy (non-hydrogen) atoms. The summed E-state index contributed by atoms with van der Waals surface area (Å²) in [6, 6.07) is 10.2. The van der Waals surface area contributed by atoms with Crippen LogP contribution in [0.15, 0.2) is 47.5 Å². The Balaban J connectivity index is 1.34. The molecular formula is C23H25ClN4O4S2. The van der Waals surface area contributed by atoms with E-state index in [0.717, 1.165) is 28.5 Å². The van der Waals surface area contributed by atoms with Gasteiger partial charge in [0, 0.05) is 35.6 Å². The smallest absolute Gasteiger partial charge is 0.237 e. The van der Waals surface area contributed by atoms with E-state index >= 15 is 0 Å². The van der Waals surface area contributed by atoms with E-state index < -0.39 is 15.7 Å². The first-order valence-corrected chi connectivity index (χ1v) is 13.7. The lowest BCUT2D eigenvalue weighted by Gasteiger charge is -2.31. The van der Waals surface area contributed by atoms with Gasteiger partial charge in [0.2, 0.25) is 11.8 Å². The van der Waals surface area contributed by atoms with Gasteiger partial charge in [-0.25, -0.2) is 8.42 Å². The van der Waals surface area contributed by atoms with Crippen molar-refractivity contribution in [1.29, 1.82) is 5.41 Å². The van der Waals surface area contributed by atoms with Crippen molar-refractivity contribution in [2.75, 3.05) is 18.8 Å². The average Bonchev–Trinajstić information content (AvgIpc) is 3.16. The second kappa shape index (κ2) is 9.89. The fourth-order valence-electron chi connectivity index (χ4n) is 4.18. The van der Waals surface area contributed by atoms with E-state index in [1.165, 1.54) is 15.9 Å². The maximum atomic E-state index is 12.8. The van der Waals surface area contributed by atoms with E-state index in [1.54, 1.807) is 47.5 Å². The Morgan fingerprint density at radius 3 is 2.50 bits per heavy atom. The van der Waals surface area contributed by atoms with Crippen LogP contribution >= 0.6 is 22.9 Å². The molecule has 1 fully saturated rings. The third kappa shape index (κ3) is 5.51. The zero-order valence-corrected chi connectivity index (χ0v) is 20.8. The maximum absolute atomic E-state index is 12.8. The van der Waals surface area contributed by atoms with Crippen LogP contribution in [-0.4, -0.2) is 48.5 Å². The molecule has 2 amide bonds. The van der Waals surface area contributed by atoms with Crippen LogP contribution in [0.2, 0.25) is 5.02 Å². The van der Waals surface area contributed by atoms with Crippen molar-refractivity contribution in [3.8, 4) is 0 Å². The number of nitrogens with zero attached hydrogens (tertiary/aromatic N) is 2. The van der Waals surface area contributed by atoms with Crippen molar-refractivity contribution in [1.82, 2.24) is 9.47 Å². The number of nitrogens with one attached hydrogen (secondary N) is 1. The Morgan fingerprint density at radius 2 is 1.79 bits per heavy atom. The second-order valence-corrected chi connectivity index (χ2v) is 12.0. The number of amides is 2. The van der Waals surface area contributed by atoms with Gasteiger partial charge in [-0.1, -0.05) is 23.7 Å². The summed E-state index contributed by atoms with van der Waals surface area (Å²) in [5.74, 6) is -0.718. The highest BCUT2D eigenvalue weighted by Gasteiger charge is 2.26. The van der Waals surface area contributed by atoms with Crippen molar-refractivity contribution in [2.45, 2.75) is 36.6 Å². The molecule has 3 N–H and O–H groups in total. The van der Waals surface area contributed by atoms with E-state index in [1.807, 2.05) is 0 Å². The molecule has 0 radical (unpaired) electrons. The van der Waals surface area contributed by atoms with Gasteiger partial charge in [0.1, 0.15) is 6.54 Å². The number of aromatic nitrogens is 1. The van der Waals surface area contributed by atoms with Gasteiger partial charge in [0.15, 0.2) is 14.6 Å². The number of hydrogen-bond donors (Lipinski definition) is 2. The first kappa shape index (κ1) is 24.4. The highest BCUT2D eigenvalue weighted by Crippen LogP contribution is 2.30. The van der Waals surface area contributed by atoms with Crippen LogP contribution in [-0.2, 0) is 26.0 Å². The molecule has 1 aliphatic rings. The molecule has 0 spiro atoms. The molecule has 1 aromatic heterocycles. The SMILES string of the molecule is N=c1sc(C2CCN(C(=O)CCS(=O)(=O)c3ccc4cc(Cl)ccc4c3)CC2)cn1CC(N)=O. The minimum Gasteiger partial charge on any atom is -0.368 e. The summed E-state index contributed by atoms with van der Waals surface area (Å²) in [6.45, 7) is 1.04. The third-order valence-electron chi connectivity index (χ3n) is 6.05. The van der Waals surface area contributed by atoms with Crippen molar-refractivity contribution in [3.63, 3.8) is 0 Å². The second-order valence-electron chi connectivity index (χ2n) is 8.41. The molecule has 1 saturated heterocycles. The van der Waals surface area contributed by atoms with Gasteiger partial charge in [-0.05, 0) is 53.8 Å². The van der Waals surface area contributed by atoms with E-state index in [0.29, 0.717) is 18.1 Å². The number of likely N-dealkylation sites (tertiary alicyclic amines) is 1. The summed E-state index contributed by atoms with van der Waals surface area (Å²) in [5, 5.41) is 10.2. The van der Waals surface area contributed by atoms with Crippen LogP contribution in [0.1, 0.15) is 30.1 Å². The van der Waals surface area contributed by atoms with E-state index in [2.05, 4.69) is 0 Å². The average molecular weight is 521 g/mol. The van der Waals surface area contributed by atoms with Gasteiger partial charge >= 0.3 is 0 Å². The topological polar surface area (TPSA) is 126 Å². The largest absolute Gasteiger partial charge is 0.368 e. The summed E-state index contributed by atoms with van der Waals surface area (Å²) < 4.78 is 27.2. The standard InChI is InChI=1S/C23H25ClN4O4S2/c24-18-3-1-17-12-19(4-2-16(17)11-18)34(31,32)10-7-22(30)27-8-5-15(6-9-27)20-13-28(14-21(25)29)23(26)33-20/h1-4,11-13,15,26H,5-10,14H2,(H2,25,29). The zero-order chi connectivity index (χ0) is 24.5. The van der Waals surface area contributed by atoms with Gasteiger partial charge in [-0.3, -0.25) is 15.0 Å². The summed E-state index contributed by atoms with van der Waals surface area (Å²) in [7, 11) is -3.60. The van der Waals surface area contributed by atoms with Crippen LogP contribution in [0.4, 0.5) is 0 Å². The van der Waals surface area contributed by atoms with Crippen LogP contribution in [0.3, 0.4) is 0 Å². The van der Waals surface area contributed by atoms with E-state index in [-0.39, 0.29) is 40.2 Å². The number of primary amides is 1. The van der Waals surface area contributed by atoms with E-state index in [4.69, 9.17) is 22.7 Å². The molecule has 1 aliphatic heterocycles. The number of thiazole rings is 1. The van der Waals surface area contributed by atoms with Crippen molar-refractivity contribution >= 4 is 55.4 Å². The van der Waals surface area contributed by atoms with E-state index in [9.17, 15) is 18.0 Å². The summed E-state index contributed by atoms with van der Waals surface area (Å²) in [5.41, 5.74) is 5.23. The number of carbonyl (C=O) groups excluding carboxylic acids is 2. The molecule has 4 rings (SSSR count). The van der Waals surface area contributed by atoms with Crippen LogP contribution in [0.25, 0.3) is 10.8 Å². The molecule has 2 heterocycles. The summed E-state index contributed by atoms with van der Waals surface area (Å²) in [6.07, 6.45) is 3.18. The molecule has 180 valence electrons.